The maximum Gasteiger partial charge on any atom is 0.262 e. The molecule has 0 radical (unpaired) electrons. The Bertz CT molecular complexity index is 2100. The molecule has 13 heteroatoms. The van der Waals surface area contributed by atoms with Crippen molar-refractivity contribution >= 4 is 34.8 Å². The van der Waals surface area contributed by atoms with Crippen molar-refractivity contribution in [2.24, 2.45) is 10.9 Å². The van der Waals surface area contributed by atoms with E-state index in [1.807, 2.05) is 32.0 Å². The molecule has 57 heavy (non-hydrogen) atoms. The Morgan fingerprint density at radius 2 is 1.53 bits per heavy atom. The molecule has 13 nitrogen and oxygen atoms in total. The van der Waals surface area contributed by atoms with Crippen LogP contribution < -0.4 is 14.5 Å². The number of aromatic nitrogens is 2. The number of Topliss-reactive ketones (excluding diaryl/α,β-unsaturated/α-hetero) is 1. The van der Waals surface area contributed by atoms with Crippen molar-refractivity contribution in [1.82, 2.24) is 29.6 Å². The highest BCUT2D eigenvalue weighted by Crippen LogP contribution is 2.34. The van der Waals surface area contributed by atoms with Gasteiger partial charge in [0.1, 0.15) is 17.9 Å². The second-order valence-corrected chi connectivity index (χ2v) is 16.8. The molecule has 1 aromatic heterocycles. The SMILES string of the molecule is C=C1CCC(N2C(=O)c3ccc(N4CCN(CC5CN(CCN6CCN(c7cc(C8=NCc9ccc(OC(C)C)cc98)ncn7)CC6)C5)CC4)cc3C2=O)C(=O)C1. The summed E-state index contributed by atoms with van der Waals surface area (Å²) in [7, 11) is 0. The number of imide groups is 1. The first-order valence-electron chi connectivity index (χ1n) is 20.7. The molecule has 5 aliphatic heterocycles. The normalized spacial score (nSPS) is 22.3. The molecule has 298 valence electrons. The van der Waals surface area contributed by atoms with Gasteiger partial charge in [0.05, 0.1) is 41.2 Å². The van der Waals surface area contributed by atoms with Gasteiger partial charge >= 0.3 is 0 Å². The van der Waals surface area contributed by atoms with Gasteiger partial charge in [-0.3, -0.25) is 34.1 Å². The molecule has 3 aromatic rings. The topological polar surface area (TPSA) is 118 Å². The van der Waals surface area contributed by atoms with Crippen molar-refractivity contribution in [3.63, 3.8) is 0 Å². The summed E-state index contributed by atoms with van der Waals surface area (Å²) >= 11 is 0. The molecule has 2 amide bonds. The quantitative estimate of drug-likeness (QED) is 0.210. The third kappa shape index (κ3) is 7.72. The van der Waals surface area contributed by atoms with E-state index in [0.717, 1.165) is 125 Å². The van der Waals surface area contributed by atoms with Crippen LogP contribution in [0.5, 0.6) is 5.75 Å². The number of hydrogen-bond acceptors (Lipinski definition) is 12. The van der Waals surface area contributed by atoms with E-state index in [1.165, 1.54) is 10.5 Å². The average Bonchev–Trinajstić information content (AvgIpc) is 3.73. The Morgan fingerprint density at radius 1 is 0.789 bits per heavy atom. The highest BCUT2D eigenvalue weighted by atomic mass is 16.5. The Hall–Kier alpha value is -4.98. The molecule has 6 heterocycles. The molecule has 0 N–H and O–H groups in total. The zero-order chi connectivity index (χ0) is 39.2. The Morgan fingerprint density at radius 3 is 2.30 bits per heavy atom. The van der Waals surface area contributed by atoms with Crippen molar-refractivity contribution < 1.29 is 19.1 Å². The second kappa shape index (κ2) is 15.8. The van der Waals surface area contributed by atoms with Crippen LogP contribution in [0.4, 0.5) is 11.5 Å². The van der Waals surface area contributed by atoms with Gasteiger partial charge in [0.2, 0.25) is 0 Å². The lowest BCUT2D eigenvalue weighted by molar-refractivity contribution is -0.123. The van der Waals surface area contributed by atoms with Crippen LogP contribution in [0.2, 0.25) is 0 Å². The number of aliphatic imine (C=N–C) groups is 1. The first-order valence-corrected chi connectivity index (χ1v) is 20.7. The van der Waals surface area contributed by atoms with Crippen LogP contribution in [0.25, 0.3) is 0 Å². The molecular formula is C44H53N9O4. The molecule has 1 atom stereocenters. The maximum atomic E-state index is 13.4. The number of amides is 2. The van der Waals surface area contributed by atoms with E-state index in [0.29, 0.717) is 36.4 Å². The summed E-state index contributed by atoms with van der Waals surface area (Å²) in [5.74, 6) is 1.73. The van der Waals surface area contributed by atoms with Crippen molar-refractivity contribution in [2.45, 2.75) is 51.8 Å². The summed E-state index contributed by atoms with van der Waals surface area (Å²) in [6.07, 6.45) is 3.15. The molecule has 2 aromatic carbocycles. The van der Waals surface area contributed by atoms with Crippen LogP contribution >= 0.6 is 0 Å². The zero-order valence-corrected chi connectivity index (χ0v) is 33.2. The van der Waals surface area contributed by atoms with E-state index in [9.17, 15) is 14.4 Å². The molecule has 1 unspecified atom stereocenters. The minimum Gasteiger partial charge on any atom is -0.491 e. The molecule has 0 spiro atoms. The van der Waals surface area contributed by atoms with Crippen molar-refractivity contribution in [3.8, 4) is 5.75 Å². The number of fused-ring (bicyclic) bond motifs is 2. The predicted octanol–water partition coefficient (Wildman–Crippen LogP) is 3.76. The molecular weight excluding hydrogens is 719 g/mol. The van der Waals surface area contributed by atoms with Crippen molar-refractivity contribution in [1.29, 1.82) is 0 Å². The lowest BCUT2D eigenvalue weighted by Crippen LogP contribution is -2.56. The minimum absolute atomic E-state index is 0.0924. The smallest absolute Gasteiger partial charge is 0.262 e. The number of hydrogen-bond donors (Lipinski definition) is 0. The number of nitrogens with zero attached hydrogens (tertiary/aromatic N) is 9. The van der Waals surface area contributed by atoms with Gasteiger partial charge in [0, 0.05) is 109 Å². The van der Waals surface area contributed by atoms with Gasteiger partial charge in [0.25, 0.3) is 11.8 Å². The van der Waals surface area contributed by atoms with E-state index in [2.05, 4.69) is 59.2 Å². The number of piperazine rings is 2. The molecule has 0 bridgehead atoms. The first-order chi connectivity index (χ1) is 27.7. The number of allylic oxidation sites excluding steroid dienone is 1. The lowest BCUT2D eigenvalue weighted by atomic mass is 9.89. The van der Waals surface area contributed by atoms with Crippen LogP contribution in [0.3, 0.4) is 0 Å². The largest absolute Gasteiger partial charge is 0.491 e. The second-order valence-electron chi connectivity index (χ2n) is 16.8. The summed E-state index contributed by atoms with van der Waals surface area (Å²) in [6.45, 7) is 21.9. The molecule has 3 saturated heterocycles. The van der Waals surface area contributed by atoms with Gasteiger partial charge in [-0.1, -0.05) is 18.2 Å². The van der Waals surface area contributed by atoms with Crippen LogP contribution in [-0.2, 0) is 11.3 Å². The molecule has 1 aliphatic carbocycles. The summed E-state index contributed by atoms with van der Waals surface area (Å²) < 4.78 is 5.95. The average molecular weight is 772 g/mol. The van der Waals surface area contributed by atoms with Crippen molar-refractivity contribution in [3.05, 3.63) is 88.9 Å². The monoisotopic (exact) mass is 771 g/mol. The van der Waals surface area contributed by atoms with Gasteiger partial charge in [-0.2, -0.15) is 0 Å². The highest BCUT2D eigenvalue weighted by molar-refractivity contribution is 6.23. The fourth-order valence-corrected chi connectivity index (χ4v) is 9.34. The summed E-state index contributed by atoms with van der Waals surface area (Å²) in [4.78, 5) is 67.0. The van der Waals surface area contributed by atoms with E-state index < -0.39 is 6.04 Å². The number of rotatable bonds is 11. The summed E-state index contributed by atoms with van der Waals surface area (Å²) in [5.41, 5.74) is 6.74. The van der Waals surface area contributed by atoms with Crippen LogP contribution in [0, 0.1) is 5.92 Å². The Balaban J connectivity index is 0.692. The molecule has 6 aliphatic rings. The molecule has 1 saturated carbocycles. The van der Waals surface area contributed by atoms with E-state index in [-0.39, 0.29) is 30.1 Å². The van der Waals surface area contributed by atoms with Gasteiger partial charge in [0.15, 0.2) is 5.78 Å². The first kappa shape index (κ1) is 37.6. The minimum atomic E-state index is -0.684. The van der Waals surface area contributed by atoms with Gasteiger partial charge in [-0.25, -0.2) is 9.97 Å². The number of likely N-dealkylation sites (tertiary alicyclic amines) is 1. The Kier molecular flexibility index (Phi) is 10.4. The number of ketones is 1. The number of benzene rings is 2. The fourth-order valence-electron chi connectivity index (χ4n) is 9.34. The fraction of sp³-hybridized carbons (Fsp3) is 0.500. The van der Waals surface area contributed by atoms with Crippen molar-refractivity contribution in [2.75, 3.05) is 94.9 Å². The van der Waals surface area contributed by atoms with Crippen LogP contribution in [0.1, 0.15) is 70.6 Å². The number of anilines is 2. The lowest BCUT2D eigenvalue weighted by Gasteiger charge is -2.45. The predicted molar refractivity (Wildman–Crippen MR) is 220 cm³/mol. The van der Waals surface area contributed by atoms with Crippen LogP contribution in [0.15, 0.2) is 65.9 Å². The Labute approximate surface area is 335 Å². The highest BCUT2D eigenvalue weighted by Gasteiger charge is 2.44. The van der Waals surface area contributed by atoms with E-state index in [4.69, 9.17) is 9.73 Å². The van der Waals surface area contributed by atoms with Gasteiger partial charge < -0.3 is 19.4 Å². The third-order valence-electron chi connectivity index (χ3n) is 12.5. The molecule has 4 fully saturated rings. The number of carbonyl (C=O) groups excluding carboxylic acids is 3. The number of ether oxygens (including phenoxy) is 1. The van der Waals surface area contributed by atoms with E-state index in [1.54, 1.807) is 12.4 Å². The summed E-state index contributed by atoms with van der Waals surface area (Å²) in [5, 5.41) is 0. The summed E-state index contributed by atoms with van der Waals surface area (Å²) in [6, 6.07) is 13.2. The maximum absolute atomic E-state index is 13.4. The standard InChI is InChI=1S/C44H53N9O4/c1-29(2)57-34-7-5-32-24-45-42(36(32)22-34)38-23-41(47-28-46-38)52-18-12-48(13-19-52)10-11-50-26-31(27-50)25-49-14-16-51(17-15-49)33-6-8-35-37(21-33)44(56)53(43(35)55)39-9-4-30(3)20-40(39)54/h5-8,21-23,28-29,31,39H,3-4,9-20,24-27H2,1-2H3. The third-order valence-corrected chi connectivity index (χ3v) is 12.5. The van der Waals surface area contributed by atoms with Gasteiger partial charge in [-0.05, 0) is 68.5 Å². The number of carbonyl (C=O) groups is 3. The zero-order valence-electron chi connectivity index (χ0n) is 33.2. The molecule has 9 rings (SSSR count). The van der Waals surface area contributed by atoms with Gasteiger partial charge in [-0.15, -0.1) is 0 Å². The van der Waals surface area contributed by atoms with Crippen LogP contribution in [-0.4, -0.2) is 150 Å². The van der Waals surface area contributed by atoms with E-state index >= 15 is 0 Å².